The van der Waals surface area contributed by atoms with Crippen molar-refractivity contribution in [2.45, 2.75) is 51.7 Å². The van der Waals surface area contributed by atoms with Crippen LogP contribution in [0.5, 0.6) is 0 Å². The maximum absolute atomic E-state index is 6.23. The predicted molar refractivity (Wildman–Crippen MR) is 53.5 cm³/mol. The van der Waals surface area contributed by atoms with E-state index in [1.165, 1.54) is 19.3 Å². The molecule has 0 saturated heterocycles. The maximum atomic E-state index is 6.23. The highest BCUT2D eigenvalue weighted by Gasteiger charge is 2.60. The molecule has 0 radical (unpaired) electrons. The van der Waals surface area contributed by atoms with Crippen molar-refractivity contribution >= 4 is 0 Å². The number of rotatable bonds is 3. The molecule has 0 heterocycles. The highest BCUT2D eigenvalue weighted by molar-refractivity contribution is 5.15. The summed E-state index contributed by atoms with van der Waals surface area (Å²) < 4.78 is 5.69. The smallest absolute Gasteiger partial charge is 0.0632 e. The van der Waals surface area contributed by atoms with E-state index in [4.69, 9.17) is 10.5 Å². The van der Waals surface area contributed by atoms with Crippen LogP contribution >= 0.6 is 0 Å². The van der Waals surface area contributed by atoms with E-state index in [2.05, 4.69) is 20.8 Å². The Labute approximate surface area is 80.8 Å². The summed E-state index contributed by atoms with van der Waals surface area (Å²) in [6, 6.07) is 0. The van der Waals surface area contributed by atoms with Crippen molar-refractivity contribution in [1.29, 1.82) is 0 Å². The Balaban J connectivity index is 1.97. The van der Waals surface area contributed by atoms with E-state index >= 15 is 0 Å². The number of ether oxygens (including phenoxy) is 1. The van der Waals surface area contributed by atoms with E-state index in [1.54, 1.807) is 0 Å². The molecule has 2 saturated carbocycles. The molecule has 0 aromatic heterocycles. The minimum atomic E-state index is 0.178. The molecule has 2 aliphatic carbocycles. The van der Waals surface area contributed by atoms with E-state index < -0.39 is 0 Å². The van der Waals surface area contributed by atoms with Gasteiger partial charge in [-0.05, 0) is 37.5 Å². The average molecular weight is 183 g/mol. The van der Waals surface area contributed by atoms with Crippen LogP contribution in [0, 0.1) is 11.3 Å². The summed E-state index contributed by atoms with van der Waals surface area (Å²) in [6.45, 7) is 7.50. The lowest BCUT2D eigenvalue weighted by molar-refractivity contribution is -0.146. The summed E-state index contributed by atoms with van der Waals surface area (Å²) in [5.41, 5.74) is 6.71. The average Bonchev–Trinajstić information content (AvgIpc) is 2.77. The molecule has 2 N–H and O–H groups in total. The fourth-order valence-electron chi connectivity index (χ4n) is 2.84. The molecule has 76 valence electrons. The molecule has 0 bridgehead atoms. The second-order valence-electron chi connectivity index (χ2n) is 5.29. The Morgan fingerprint density at radius 1 is 1.38 bits per heavy atom. The lowest BCUT2D eigenvalue weighted by Crippen LogP contribution is -2.58. The molecule has 2 heteroatoms. The molecular formula is C11H21NO. The third-order valence-electron chi connectivity index (χ3n) is 4.07. The topological polar surface area (TPSA) is 35.2 Å². The van der Waals surface area contributed by atoms with Gasteiger partial charge in [-0.2, -0.15) is 0 Å². The summed E-state index contributed by atoms with van der Waals surface area (Å²) in [7, 11) is 0. The van der Waals surface area contributed by atoms with Crippen molar-refractivity contribution < 1.29 is 4.74 Å². The van der Waals surface area contributed by atoms with Crippen molar-refractivity contribution in [3.05, 3.63) is 0 Å². The molecule has 2 atom stereocenters. The zero-order valence-electron chi connectivity index (χ0n) is 8.97. The summed E-state index contributed by atoms with van der Waals surface area (Å²) in [5, 5.41) is 0. The van der Waals surface area contributed by atoms with Gasteiger partial charge in [-0.25, -0.2) is 0 Å². The van der Waals surface area contributed by atoms with Crippen molar-refractivity contribution in [2.24, 2.45) is 17.1 Å². The van der Waals surface area contributed by atoms with Gasteiger partial charge < -0.3 is 10.5 Å². The van der Waals surface area contributed by atoms with Gasteiger partial charge >= 0.3 is 0 Å². The van der Waals surface area contributed by atoms with Crippen LogP contribution in [0.3, 0.4) is 0 Å². The van der Waals surface area contributed by atoms with Gasteiger partial charge in [-0.15, -0.1) is 0 Å². The van der Waals surface area contributed by atoms with Gasteiger partial charge in [-0.1, -0.05) is 13.8 Å². The highest BCUT2D eigenvalue weighted by Crippen LogP contribution is 2.59. The lowest BCUT2D eigenvalue weighted by atomic mass is 9.56. The Hall–Kier alpha value is -0.0800. The third-order valence-corrected chi connectivity index (χ3v) is 4.07. The summed E-state index contributed by atoms with van der Waals surface area (Å²) >= 11 is 0. The predicted octanol–water partition coefficient (Wildman–Crippen LogP) is 1.93. The first kappa shape index (κ1) is 9.47. The van der Waals surface area contributed by atoms with Crippen LogP contribution in [0.2, 0.25) is 0 Å². The Kier molecular flexibility index (Phi) is 1.97. The second kappa shape index (κ2) is 2.71. The Morgan fingerprint density at radius 3 is 2.38 bits per heavy atom. The van der Waals surface area contributed by atoms with Crippen molar-refractivity contribution in [1.82, 2.24) is 0 Å². The van der Waals surface area contributed by atoms with Gasteiger partial charge in [0, 0.05) is 12.1 Å². The fourth-order valence-corrected chi connectivity index (χ4v) is 2.84. The van der Waals surface area contributed by atoms with Gasteiger partial charge in [0.15, 0.2) is 0 Å². The van der Waals surface area contributed by atoms with Crippen LogP contribution in [-0.2, 0) is 4.74 Å². The van der Waals surface area contributed by atoms with Gasteiger partial charge in [0.25, 0.3) is 0 Å². The zero-order chi connectivity index (χ0) is 9.69. The van der Waals surface area contributed by atoms with Crippen molar-refractivity contribution in [3.8, 4) is 0 Å². The molecule has 2 nitrogen and oxygen atoms in total. The number of hydrogen-bond donors (Lipinski definition) is 1. The molecule has 2 unspecified atom stereocenters. The fraction of sp³-hybridized carbons (Fsp3) is 1.00. The SMILES string of the molecule is CCOC1CC(C2(N)CC2)C1(C)C. The molecule has 0 aromatic rings. The third kappa shape index (κ3) is 1.31. The van der Waals surface area contributed by atoms with Crippen LogP contribution in [0.4, 0.5) is 0 Å². The van der Waals surface area contributed by atoms with Crippen LogP contribution in [0.1, 0.15) is 40.0 Å². The van der Waals surface area contributed by atoms with E-state index in [-0.39, 0.29) is 5.54 Å². The first-order chi connectivity index (χ1) is 6.00. The minimum Gasteiger partial charge on any atom is -0.378 e. The van der Waals surface area contributed by atoms with Crippen LogP contribution in [0.25, 0.3) is 0 Å². The van der Waals surface area contributed by atoms with Gasteiger partial charge in [-0.3, -0.25) is 0 Å². The van der Waals surface area contributed by atoms with E-state index in [1.807, 2.05) is 0 Å². The first-order valence-electron chi connectivity index (χ1n) is 5.41. The van der Waals surface area contributed by atoms with E-state index in [0.29, 0.717) is 17.4 Å². The Morgan fingerprint density at radius 2 is 2.00 bits per heavy atom. The first-order valence-corrected chi connectivity index (χ1v) is 5.41. The molecule has 0 aliphatic heterocycles. The molecule has 0 aromatic carbocycles. The van der Waals surface area contributed by atoms with Crippen molar-refractivity contribution in [2.75, 3.05) is 6.61 Å². The quantitative estimate of drug-likeness (QED) is 0.725. The molecule has 0 amide bonds. The van der Waals surface area contributed by atoms with Crippen molar-refractivity contribution in [3.63, 3.8) is 0 Å². The standard InChI is InChI=1S/C11H21NO/c1-4-13-9-7-8(10(9,2)3)11(12)5-6-11/h8-9H,4-7,12H2,1-3H3. The van der Waals surface area contributed by atoms with Gasteiger partial charge in [0.2, 0.25) is 0 Å². The van der Waals surface area contributed by atoms with Crippen LogP contribution in [0.15, 0.2) is 0 Å². The van der Waals surface area contributed by atoms with E-state index in [0.717, 1.165) is 6.61 Å². The van der Waals surface area contributed by atoms with Crippen LogP contribution < -0.4 is 5.73 Å². The van der Waals surface area contributed by atoms with Gasteiger partial charge in [0.1, 0.15) is 0 Å². The molecule has 13 heavy (non-hydrogen) atoms. The molecular weight excluding hydrogens is 162 g/mol. The second-order valence-corrected chi connectivity index (χ2v) is 5.29. The molecule has 2 aliphatic rings. The summed E-state index contributed by atoms with van der Waals surface area (Å²) in [5.74, 6) is 0.691. The highest BCUT2D eigenvalue weighted by atomic mass is 16.5. The minimum absolute atomic E-state index is 0.178. The molecule has 2 rings (SSSR count). The zero-order valence-corrected chi connectivity index (χ0v) is 8.97. The summed E-state index contributed by atoms with van der Waals surface area (Å²) in [4.78, 5) is 0. The van der Waals surface area contributed by atoms with Gasteiger partial charge in [0.05, 0.1) is 6.10 Å². The maximum Gasteiger partial charge on any atom is 0.0632 e. The summed E-state index contributed by atoms with van der Waals surface area (Å²) in [6.07, 6.45) is 4.07. The number of hydrogen-bond acceptors (Lipinski definition) is 2. The molecule has 2 fully saturated rings. The number of nitrogens with two attached hydrogens (primary N) is 1. The largest absolute Gasteiger partial charge is 0.378 e. The van der Waals surface area contributed by atoms with E-state index in [9.17, 15) is 0 Å². The Bertz CT molecular complexity index is 208. The monoisotopic (exact) mass is 183 g/mol. The normalized spacial score (nSPS) is 39.7. The lowest BCUT2D eigenvalue weighted by Gasteiger charge is -2.54. The molecule has 0 spiro atoms. The van der Waals surface area contributed by atoms with Crippen LogP contribution in [-0.4, -0.2) is 18.2 Å².